The number of amides is 2. The molecule has 5 nitrogen and oxygen atoms in total. The summed E-state index contributed by atoms with van der Waals surface area (Å²) in [5, 5.41) is 3.54. The van der Waals surface area contributed by atoms with Crippen LogP contribution >= 0.6 is 11.6 Å². The first-order valence-electron chi connectivity index (χ1n) is 7.43. The molecule has 1 aromatic carbocycles. The fourth-order valence-electron chi connectivity index (χ4n) is 2.54. The van der Waals surface area contributed by atoms with E-state index in [0.29, 0.717) is 24.4 Å². The van der Waals surface area contributed by atoms with Crippen molar-refractivity contribution in [1.82, 2.24) is 5.32 Å². The zero-order chi connectivity index (χ0) is 16.1. The summed E-state index contributed by atoms with van der Waals surface area (Å²) in [6.45, 7) is 2.26. The first-order valence-corrected chi connectivity index (χ1v) is 7.81. The summed E-state index contributed by atoms with van der Waals surface area (Å²) in [5.41, 5.74) is 6.16. The van der Waals surface area contributed by atoms with Gasteiger partial charge < -0.3 is 15.8 Å². The van der Waals surface area contributed by atoms with Crippen molar-refractivity contribution in [3.8, 4) is 0 Å². The molecular formula is C16H21ClN2O3. The maximum absolute atomic E-state index is 12.1. The van der Waals surface area contributed by atoms with Gasteiger partial charge in [0.1, 0.15) is 6.10 Å². The van der Waals surface area contributed by atoms with Crippen molar-refractivity contribution in [3.63, 3.8) is 0 Å². The molecule has 1 aromatic rings. The van der Waals surface area contributed by atoms with Gasteiger partial charge in [-0.1, -0.05) is 36.7 Å². The fraction of sp³-hybridized carbons (Fsp3) is 0.500. The molecule has 1 saturated heterocycles. The zero-order valence-electron chi connectivity index (χ0n) is 12.5. The van der Waals surface area contributed by atoms with E-state index >= 15 is 0 Å². The maximum Gasteiger partial charge on any atom is 0.246 e. The second-order valence-electron chi connectivity index (χ2n) is 5.67. The van der Waals surface area contributed by atoms with Crippen molar-refractivity contribution in [1.29, 1.82) is 0 Å². The van der Waals surface area contributed by atoms with Gasteiger partial charge in [0.25, 0.3) is 0 Å². The van der Waals surface area contributed by atoms with Crippen LogP contribution in [-0.4, -0.2) is 30.6 Å². The minimum Gasteiger partial charge on any atom is -0.367 e. The number of carbonyl (C=O) groups excluding carboxylic acids is 2. The van der Waals surface area contributed by atoms with Crippen LogP contribution in [0.1, 0.15) is 25.3 Å². The number of halogens is 1. The smallest absolute Gasteiger partial charge is 0.246 e. The third kappa shape index (κ3) is 4.45. The highest BCUT2D eigenvalue weighted by Gasteiger charge is 2.29. The van der Waals surface area contributed by atoms with E-state index in [1.54, 1.807) is 0 Å². The van der Waals surface area contributed by atoms with Crippen LogP contribution in [0.3, 0.4) is 0 Å². The predicted octanol–water partition coefficient (Wildman–Crippen LogP) is 1.67. The molecule has 0 saturated carbocycles. The quantitative estimate of drug-likeness (QED) is 0.835. The molecule has 2 amide bonds. The van der Waals surface area contributed by atoms with Gasteiger partial charge in [0, 0.05) is 17.5 Å². The van der Waals surface area contributed by atoms with Crippen molar-refractivity contribution in [2.75, 3.05) is 6.54 Å². The van der Waals surface area contributed by atoms with Crippen LogP contribution in [0.25, 0.3) is 0 Å². The molecule has 22 heavy (non-hydrogen) atoms. The van der Waals surface area contributed by atoms with Gasteiger partial charge in [-0.25, -0.2) is 0 Å². The Balaban J connectivity index is 1.78. The summed E-state index contributed by atoms with van der Waals surface area (Å²) in [4.78, 5) is 23.2. The predicted molar refractivity (Wildman–Crippen MR) is 84.4 cm³/mol. The molecule has 3 N–H and O–H groups in total. The number of hydrogen-bond acceptors (Lipinski definition) is 3. The summed E-state index contributed by atoms with van der Waals surface area (Å²) in [5.74, 6) is -0.680. The number of ether oxygens (including phenoxy) is 1. The number of hydrogen-bond donors (Lipinski definition) is 2. The summed E-state index contributed by atoms with van der Waals surface area (Å²) in [7, 11) is 0. The zero-order valence-corrected chi connectivity index (χ0v) is 13.3. The topological polar surface area (TPSA) is 81.4 Å². The molecule has 0 bridgehead atoms. The highest BCUT2D eigenvalue weighted by atomic mass is 35.5. The van der Waals surface area contributed by atoms with E-state index < -0.39 is 12.0 Å². The second kappa shape index (κ2) is 7.61. The lowest BCUT2D eigenvalue weighted by atomic mass is 10.0. The molecule has 0 aliphatic carbocycles. The largest absolute Gasteiger partial charge is 0.367 e. The van der Waals surface area contributed by atoms with Crippen LogP contribution in [0.15, 0.2) is 24.3 Å². The van der Waals surface area contributed by atoms with E-state index in [1.165, 1.54) is 0 Å². The van der Waals surface area contributed by atoms with Crippen molar-refractivity contribution in [3.05, 3.63) is 34.9 Å². The molecule has 0 radical (unpaired) electrons. The standard InChI is InChI=1S/C16H21ClN2O3/c1-10(8-11-4-2-3-5-13(11)17)16(21)19-9-12-6-7-14(22-12)15(18)20/h2-5,10,12,14H,6-9H2,1H3,(H2,18,20)(H,19,21)/t10-,12-,14+/m1/s1. The van der Waals surface area contributed by atoms with Crippen LogP contribution in [0.2, 0.25) is 5.02 Å². The highest BCUT2D eigenvalue weighted by Crippen LogP contribution is 2.20. The Hall–Kier alpha value is -1.59. The minimum absolute atomic E-state index is 0.0500. The Morgan fingerprint density at radius 3 is 2.77 bits per heavy atom. The molecule has 0 spiro atoms. The Bertz CT molecular complexity index is 550. The lowest BCUT2D eigenvalue weighted by Gasteiger charge is -2.16. The van der Waals surface area contributed by atoms with Gasteiger partial charge in [0.2, 0.25) is 11.8 Å². The van der Waals surface area contributed by atoms with Crippen LogP contribution < -0.4 is 11.1 Å². The molecule has 2 rings (SSSR count). The van der Waals surface area contributed by atoms with Gasteiger partial charge in [-0.2, -0.15) is 0 Å². The lowest BCUT2D eigenvalue weighted by molar-refractivity contribution is -0.129. The van der Waals surface area contributed by atoms with Crippen molar-refractivity contribution < 1.29 is 14.3 Å². The number of nitrogens with two attached hydrogens (primary N) is 1. The minimum atomic E-state index is -0.526. The van der Waals surface area contributed by atoms with Gasteiger partial charge in [-0.05, 0) is 30.9 Å². The van der Waals surface area contributed by atoms with Crippen molar-refractivity contribution >= 4 is 23.4 Å². The number of carbonyl (C=O) groups is 2. The average molecular weight is 325 g/mol. The van der Waals surface area contributed by atoms with Gasteiger partial charge in [-0.15, -0.1) is 0 Å². The molecular weight excluding hydrogens is 304 g/mol. The molecule has 120 valence electrons. The molecule has 0 unspecified atom stereocenters. The van der Waals surface area contributed by atoms with Gasteiger partial charge in [0.05, 0.1) is 6.10 Å². The Morgan fingerprint density at radius 2 is 2.14 bits per heavy atom. The third-order valence-corrected chi connectivity index (χ3v) is 4.23. The Kier molecular flexibility index (Phi) is 5.80. The Labute approximate surface area is 135 Å². The normalized spacial score (nSPS) is 22.3. The van der Waals surface area contributed by atoms with Gasteiger partial charge >= 0.3 is 0 Å². The van der Waals surface area contributed by atoms with Crippen molar-refractivity contribution in [2.45, 2.75) is 38.4 Å². The second-order valence-corrected chi connectivity index (χ2v) is 6.08. The van der Waals surface area contributed by atoms with Crippen molar-refractivity contribution in [2.24, 2.45) is 11.7 Å². The van der Waals surface area contributed by atoms with E-state index in [1.807, 2.05) is 31.2 Å². The van der Waals surface area contributed by atoms with E-state index in [9.17, 15) is 9.59 Å². The third-order valence-electron chi connectivity index (χ3n) is 3.86. The summed E-state index contributed by atoms with van der Waals surface area (Å²) >= 11 is 6.10. The van der Waals surface area contributed by atoms with E-state index in [4.69, 9.17) is 22.1 Å². The molecule has 1 aliphatic rings. The van der Waals surface area contributed by atoms with Crippen LogP contribution in [-0.2, 0) is 20.7 Å². The van der Waals surface area contributed by atoms with Crippen LogP contribution in [0.4, 0.5) is 0 Å². The first kappa shape index (κ1) is 16.8. The fourth-order valence-corrected chi connectivity index (χ4v) is 2.75. The maximum atomic E-state index is 12.1. The number of nitrogens with one attached hydrogen (secondary N) is 1. The lowest BCUT2D eigenvalue weighted by Crippen LogP contribution is -2.37. The Morgan fingerprint density at radius 1 is 1.41 bits per heavy atom. The van der Waals surface area contributed by atoms with E-state index in [0.717, 1.165) is 12.0 Å². The van der Waals surface area contributed by atoms with Gasteiger partial charge in [-0.3, -0.25) is 9.59 Å². The number of primary amides is 1. The van der Waals surface area contributed by atoms with Crippen LogP contribution in [0.5, 0.6) is 0 Å². The molecule has 3 atom stereocenters. The molecule has 1 heterocycles. The summed E-state index contributed by atoms with van der Waals surface area (Å²) < 4.78 is 5.48. The average Bonchev–Trinajstić information content (AvgIpc) is 2.96. The molecule has 1 fully saturated rings. The SMILES string of the molecule is C[C@H](Cc1ccccc1Cl)C(=O)NC[C@H]1CC[C@@H](C(N)=O)O1. The van der Waals surface area contributed by atoms with Crippen LogP contribution in [0, 0.1) is 5.92 Å². The summed E-state index contributed by atoms with van der Waals surface area (Å²) in [6.07, 6.45) is 1.26. The van der Waals surface area contributed by atoms with E-state index in [-0.39, 0.29) is 17.9 Å². The number of rotatable bonds is 6. The number of benzene rings is 1. The first-order chi connectivity index (χ1) is 10.5. The van der Waals surface area contributed by atoms with E-state index in [2.05, 4.69) is 5.32 Å². The molecule has 1 aliphatic heterocycles. The van der Waals surface area contributed by atoms with Gasteiger partial charge in [0.15, 0.2) is 0 Å². The highest BCUT2D eigenvalue weighted by molar-refractivity contribution is 6.31. The molecule has 6 heteroatoms. The summed E-state index contributed by atoms with van der Waals surface area (Å²) in [6, 6.07) is 7.51. The molecule has 0 aromatic heterocycles. The monoisotopic (exact) mass is 324 g/mol.